The summed E-state index contributed by atoms with van der Waals surface area (Å²) in [7, 11) is 0. The molecule has 53 valence electrons. The van der Waals surface area contributed by atoms with E-state index in [-0.39, 0.29) is 0 Å². The molecule has 2 nitrogen and oxygen atoms in total. The van der Waals surface area contributed by atoms with Crippen LogP contribution in [0.15, 0.2) is 24.5 Å². The van der Waals surface area contributed by atoms with E-state index in [2.05, 4.69) is 16.2 Å². The molecule has 3 heteroatoms. The van der Waals surface area contributed by atoms with E-state index < -0.39 is 0 Å². The van der Waals surface area contributed by atoms with Crippen LogP contribution >= 0.6 is 11.6 Å². The fraction of sp³-hybridized carbons (Fsp3) is 0. The molecule has 11 heavy (non-hydrogen) atoms. The fourth-order valence-electron chi connectivity index (χ4n) is 0.922. The van der Waals surface area contributed by atoms with Gasteiger partial charge in [0.05, 0.1) is 10.5 Å². The molecule has 0 aliphatic carbocycles. The Hall–Kier alpha value is -1.15. The summed E-state index contributed by atoms with van der Waals surface area (Å²) in [5, 5.41) is 1.49. The van der Waals surface area contributed by atoms with Crippen LogP contribution in [0, 0.1) is 6.20 Å². The second-order valence-electron chi connectivity index (χ2n) is 2.12. The first-order valence-corrected chi connectivity index (χ1v) is 3.52. The zero-order valence-electron chi connectivity index (χ0n) is 5.58. The van der Waals surface area contributed by atoms with Crippen molar-refractivity contribution < 1.29 is 0 Å². The number of rotatable bonds is 0. The third-order valence-electron chi connectivity index (χ3n) is 1.42. The summed E-state index contributed by atoms with van der Waals surface area (Å²) >= 11 is 5.85. The van der Waals surface area contributed by atoms with E-state index >= 15 is 0 Å². The van der Waals surface area contributed by atoms with Crippen molar-refractivity contribution in [2.45, 2.75) is 0 Å². The van der Waals surface area contributed by atoms with Crippen LogP contribution in [0.25, 0.3) is 10.9 Å². The van der Waals surface area contributed by atoms with Crippen LogP contribution in [0.2, 0.25) is 5.02 Å². The SMILES string of the molecule is Clc1cccc2[c]ncnc12. The van der Waals surface area contributed by atoms with Crippen LogP contribution in [-0.2, 0) is 0 Å². The van der Waals surface area contributed by atoms with Crippen LogP contribution in [0.1, 0.15) is 0 Å². The standard InChI is InChI=1S/C8H4ClN2/c9-7-3-1-2-6-4-10-5-11-8(6)7/h1-3,5H. The molecular formula is C8H4ClN2. The summed E-state index contributed by atoms with van der Waals surface area (Å²) in [6.07, 6.45) is 4.23. The number of aromatic nitrogens is 2. The Morgan fingerprint density at radius 3 is 3.09 bits per heavy atom. The van der Waals surface area contributed by atoms with E-state index in [1.54, 1.807) is 6.07 Å². The Labute approximate surface area is 68.9 Å². The first kappa shape index (κ1) is 6.55. The van der Waals surface area contributed by atoms with Gasteiger partial charge in [-0.2, -0.15) is 0 Å². The van der Waals surface area contributed by atoms with Crippen molar-refractivity contribution in [3.8, 4) is 0 Å². The van der Waals surface area contributed by atoms with Crippen molar-refractivity contribution in [1.29, 1.82) is 0 Å². The molecule has 0 N–H and O–H groups in total. The topological polar surface area (TPSA) is 25.8 Å². The molecule has 1 aromatic heterocycles. The molecule has 0 aliphatic rings. The van der Waals surface area contributed by atoms with Gasteiger partial charge in [-0.05, 0) is 6.07 Å². The van der Waals surface area contributed by atoms with Crippen molar-refractivity contribution in [2.24, 2.45) is 0 Å². The molecule has 1 heterocycles. The molecule has 2 aromatic rings. The molecular weight excluding hydrogens is 160 g/mol. The third kappa shape index (κ3) is 1.05. The lowest BCUT2D eigenvalue weighted by Gasteiger charge is -1.94. The molecule has 0 saturated carbocycles. The maximum Gasteiger partial charge on any atom is 0.116 e. The summed E-state index contributed by atoms with van der Waals surface area (Å²) < 4.78 is 0. The Morgan fingerprint density at radius 2 is 2.27 bits per heavy atom. The maximum absolute atomic E-state index is 5.85. The van der Waals surface area contributed by atoms with E-state index in [9.17, 15) is 0 Å². The Kier molecular flexibility index (Phi) is 1.47. The number of hydrogen-bond donors (Lipinski definition) is 0. The molecule has 1 aromatic carbocycles. The smallest absolute Gasteiger partial charge is 0.116 e. The molecule has 0 bridgehead atoms. The van der Waals surface area contributed by atoms with Gasteiger partial charge < -0.3 is 0 Å². The van der Waals surface area contributed by atoms with E-state index in [4.69, 9.17) is 11.6 Å². The van der Waals surface area contributed by atoms with Gasteiger partial charge in [-0.1, -0.05) is 23.7 Å². The number of halogens is 1. The van der Waals surface area contributed by atoms with Crippen molar-refractivity contribution in [3.63, 3.8) is 0 Å². The summed E-state index contributed by atoms with van der Waals surface area (Å²) in [5.41, 5.74) is 0.754. The highest BCUT2D eigenvalue weighted by molar-refractivity contribution is 6.34. The van der Waals surface area contributed by atoms with Gasteiger partial charge in [-0.25, -0.2) is 9.97 Å². The van der Waals surface area contributed by atoms with Crippen LogP contribution in [-0.4, -0.2) is 9.97 Å². The molecule has 0 fully saturated rings. The number of fused-ring (bicyclic) bond motifs is 1. The highest BCUT2D eigenvalue weighted by atomic mass is 35.5. The van der Waals surface area contributed by atoms with Gasteiger partial charge in [0, 0.05) is 5.39 Å². The van der Waals surface area contributed by atoms with E-state index in [0.29, 0.717) is 5.02 Å². The van der Waals surface area contributed by atoms with Gasteiger partial charge in [-0.15, -0.1) is 0 Å². The number of benzene rings is 1. The zero-order valence-corrected chi connectivity index (χ0v) is 6.34. The minimum atomic E-state index is 0.640. The average Bonchev–Trinajstić information content (AvgIpc) is 2.06. The van der Waals surface area contributed by atoms with E-state index in [1.165, 1.54) is 6.33 Å². The van der Waals surface area contributed by atoms with Gasteiger partial charge in [0.2, 0.25) is 0 Å². The summed E-state index contributed by atoms with van der Waals surface area (Å²) in [4.78, 5) is 7.77. The van der Waals surface area contributed by atoms with Crippen LogP contribution in [0.3, 0.4) is 0 Å². The molecule has 1 radical (unpaired) electrons. The molecule has 0 amide bonds. The Balaban J connectivity index is 2.91. The molecule has 0 atom stereocenters. The Bertz CT molecular complexity index is 381. The van der Waals surface area contributed by atoms with Crippen molar-refractivity contribution in [2.75, 3.05) is 0 Å². The first-order valence-electron chi connectivity index (χ1n) is 3.15. The van der Waals surface area contributed by atoms with Gasteiger partial charge in [0.25, 0.3) is 0 Å². The monoisotopic (exact) mass is 163 g/mol. The molecule has 0 spiro atoms. The summed E-state index contributed by atoms with van der Waals surface area (Å²) in [5.74, 6) is 0. The third-order valence-corrected chi connectivity index (χ3v) is 1.72. The Morgan fingerprint density at radius 1 is 1.36 bits per heavy atom. The number of para-hydroxylation sites is 1. The van der Waals surface area contributed by atoms with E-state index in [0.717, 1.165) is 10.9 Å². The summed E-state index contributed by atoms with van der Waals surface area (Å²) in [6, 6.07) is 5.52. The predicted octanol–water partition coefficient (Wildman–Crippen LogP) is 2.08. The number of nitrogens with zero attached hydrogens (tertiary/aromatic N) is 2. The van der Waals surface area contributed by atoms with Crippen molar-refractivity contribution >= 4 is 22.5 Å². The quantitative estimate of drug-likeness (QED) is 0.594. The second kappa shape index (κ2) is 2.47. The number of hydrogen-bond acceptors (Lipinski definition) is 2. The zero-order chi connectivity index (χ0) is 7.68. The van der Waals surface area contributed by atoms with Crippen LogP contribution < -0.4 is 0 Å². The van der Waals surface area contributed by atoms with Gasteiger partial charge in [0.1, 0.15) is 12.5 Å². The normalized spacial score (nSPS) is 10.3. The lowest BCUT2D eigenvalue weighted by atomic mass is 10.2. The lowest BCUT2D eigenvalue weighted by molar-refractivity contribution is 1.21. The van der Waals surface area contributed by atoms with Gasteiger partial charge in [0.15, 0.2) is 0 Å². The van der Waals surface area contributed by atoms with Crippen LogP contribution in [0.5, 0.6) is 0 Å². The van der Waals surface area contributed by atoms with Crippen molar-refractivity contribution in [1.82, 2.24) is 9.97 Å². The van der Waals surface area contributed by atoms with Gasteiger partial charge in [-0.3, -0.25) is 0 Å². The molecule has 0 unspecified atom stereocenters. The minimum absolute atomic E-state index is 0.640. The molecule has 0 saturated heterocycles. The largest absolute Gasteiger partial charge is 0.235 e. The van der Waals surface area contributed by atoms with Crippen LogP contribution in [0.4, 0.5) is 0 Å². The highest BCUT2D eigenvalue weighted by Crippen LogP contribution is 2.18. The maximum atomic E-state index is 5.85. The van der Waals surface area contributed by atoms with Crippen molar-refractivity contribution in [3.05, 3.63) is 35.7 Å². The summed E-state index contributed by atoms with van der Waals surface area (Å²) in [6.45, 7) is 0. The predicted molar refractivity (Wildman–Crippen MR) is 43.4 cm³/mol. The fourth-order valence-corrected chi connectivity index (χ4v) is 1.15. The first-order chi connectivity index (χ1) is 5.38. The molecule has 0 aliphatic heterocycles. The van der Waals surface area contributed by atoms with E-state index in [1.807, 2.05) is 12.1 Å². The lowest BCUT2D eigenvalue weighted by Crippen LogP contribution is -1.80. The average molecular weight is 164 g/mol. The van der Waals surface area contributed by atoms with Gasteiger partial charge >= 0.3 is 0 Å². The second-order valence-corrected chi connectivity index (χ2v) is 2.53. The molecule has 2 rings (SSSR count). The highest BCUT2D eigenvalue weighted by Gasteiger charge is 1.97. The minimum Gasteiger partial charge on any atom is -0.235 e.